The first kappa shape index (κ1) is 24.6. The van der Waals surface area contributed by atoms with E-state index in [1.807, 2.05) is 29.8 Å². The quantitative estimate of drug-likeness (QED) is 0.288. The Kier molecular flexibility index (Phi) is 7.34. The van der Waals surface area contributed by atoms with Crippen LogP contribution in [0.1, 0.15) is 40.2 Å². The van der Waals surface area contributed by atoms with E-state index in [4.69, 9.17) is 4.74 Å². The molecule has 1 atom stereocenters. The van der Waals surface area contributed by atoms with Crippen LogP contribution < -0.4 is 15.0 Å². The van der Waals surface area contributed by atoms with Crippen LogP contribution in [-0.2, 0) is 13.5 Å². The topological polar surface area (TPSA) is 42.3 Å². The highest BCUT2D eigenvalue weighted by atomic mass is 16.5. The number of hydrogen-bond acceptors (Lipinski definition) is 4. The van der Waals surface area contributed by atoms with E-state index in [0.29, 0.717) is 18.1 Å². The van der Waals surface area contributed by atoms with Crippen LogP contribution in [0.4, 0.5) is 11.4 Å². The van der Waals surface area contributed by atoms with Crippen LogP contribution >= 0.6 is 0 Å². The number of anilines is 2. The summed E-state index contributed by atoms with van der Waals surface area (Å²) in [5, 5.41) is 3.63. The summed E-state index contributed by atoms with van der Waals surface area (Å²) < 4.78 is 8.30. The van der Waals surface area contributed by atoms with Crippen molar-refractivity contribution in [1.29, 1.82) is 0 Å². The van der Waals surface area contributed by atoms with Crippen LogP contribution in [0.2, 0.25) is 0 Å². The fourth-order valence-electron chi connectivity index (χ4n) is 4.37. The van der Waals surface area contributed by atoms with E-state index >= 15 is 0 Å². The molecule has 0 aliphatic rings. The lowest BCUT2D eigenvalue weighted by molar-refractivity contribution is 0.198. The van der Waals surface area contributed by atoms with E-state index in [0.717, 1.165) is 23.1 Å². The number of fused-ring (bicyclic) bond motifs is 1. The van der Waals surface area contributed by atoms with E-state index in [9.17, 15) is 0 Å². The highest BCUT2D eigenvalue weighted by molar-refractivity contribution is 5.81. The van der Waals surface area contributed by atoms with Gasteiger partial charge in [-0.15, -0.1) is 0 Å². The number of nitrogens with one attached hydrogen (secondary N) is 1. The molecule has 35 heavy (non-hydrogen) atoms. The number of aromatic nitrogens is 2. The summed E-state index contributed by atoms with van der Waals surface area (Å²) >= 11 is 0. The molecular formula is C30H38N4O. The molecule has 0 saturated carbocycles. The highest BCUT2D eigenvalue weighted by Crippen LogP contribution is 2.33. The Balaban J connectivity index is 1.61. The van der Waals surface area contributed by atoms with Crippen LogP contribution in [-0.4, -0.2) is 34.8 Å². The van der Waals surface area contributed by atoms with Gasteiger partial charge in [0.2, 0.25) is 0 Å². The van der Waals surface area contributed by atoms with Crippen molar-refractivity contribution < 1.29 is 4.74 Å². The van der Waals surface area contributed by atoms with E-state index in [2.05, 4.69) is 105 Å². The normalized spacial score (nSPS) is 12.4. The Hall–Kier alpha value is -3.47. The fourth-order valence-corrected chi connectivity index (χ4v) is 4.37. The Labute approximate surface area is 209 Å². The van der Waals surface area contributed by atoms with Crippen LogP contribution in [0.15, 0.2) is 66.7 Å². The Bertz CT molecular complexity index is 1290. The average molecular weight is 471 g/mol. The summed E-state index contributed by atoms with van der Waals surface area (Å²) in [6, 6.07) is 25.1. The minimum absolute atomic E-state index is 0.0133. The SMILES string of the molecule is CC(C)Nc1ccc(CC(C)Oc2nc3ccccc3n2C)cc1-c1cccc(N(C)C(C)C)c1. The van der Waals surface area contributed by atoms with Gasteiger partial charge in [-0.1, -0.05) is 30.3 Å². The summed E-state index contributed by atoms with van der Waals surface area (Å²) in [6.07, 6.45) is 0.782. The molecule has 0 aliphatic carbocycles. The van der Waals surface area contributed by atoms with Gasteiger partial charge in [0.05, 0.1) is 11.0 Å². The van der Waals surface area contributed by atoms with Gasteiger partial charge in [0.1, 0.15) is 6.10 Å². The Morgan fingerprint density at radius 3 is 2.43 bits per heavy atom. The molecule has 4 aromatic rings. The minimum Gasteiger partial charge on any atom is -0.461 e. The van der Waals surface area contributed by atoms with Crippen molar-refractivity contribution in [2.24, 2.45) is 7.05 Å². The molecule has 0 fully saturated rings. The van der Waals surface area contributed by atoms with Gasteiger partial charge in [0.15, 0.2) is 0 Å². The first-order valence-electron chi connectivity index (χ1n) is 12.5. The van der Waals surface area contributed by atoms with Gasteiger partial charge in [-0.25, -0.2) is 0 Å². The molecule has 0 radical (unpaired) electrons. The monoisotopic (exact) mass is 470 g/mol. The summed E-state index contributed by atoms with van der Waals surface area (Å²) in [6.45, 7) is 10.9. The maximum Gasteiger partial charge on any atom is 0.297 e. The third-order valence-electron chi connectivity index (χ3n) is 6.44. The average Bonchev–Trinajstić information content (AvgIpc) is 3.14. The van der Waals surface area contributed by atoms with Gasteiger partial charge >= 0.3 is 0 Å². The molecule has 0 bridgehead atoms. The third-order valence-corrected chi connectivity index (χ3v) is 6.44. The van der Waals surface area contributed by atoms with Crippen LogP contribution in [0.25, 0.3) is 22.2 Å². The highest BCUT2D eigenvalue weighted by Gasteiger charge is 2.15. The lowest BCUT2D eigenvalue weighted by Gasteiger charge is -2.25. The molecule has 0 aliphatic heterocycles. The first-order chi connectivity index (χ1) is 16.7. The fraction of sp³-hybridized carbons (Fsp3) is 0.367. The van der Waals surface area contributed by atoms with Crippen LogP contribution in [0, 0.1) is 0 Å². The van der Waals surface area contributed by atoms with Crippen molar-refractivity contribution in [3.63, 3.8) is 0 Å². The molecule has 1 aromatic heterocycles. The third kappa shape index (κ3) is 5.61. The number of benzene rings is 3. The number of nitrogens with zero attached hydrogens (tertiary/aromatic N) is 3. The van der Waals surface area contributed by atoms with Gasteiger partial charge in [0, 0.05) is 49.5 Å². The van der Waals surface area contributed by atoms with Gasteiger partial charge in [-0.3, -0.25) is 4.57 Å². The van der Waals surface area contributed by atoms with Crippen LogP contribution in [0.5, 0.6) is 6.01 Å². The molecule has 0 amide bonds. The zero-order chi connectivity index (χ0) is 25.1. The number of ether oxygens (including phenoxy) is 1. The number of aryl methyl sites for hydroxylation is 1. The second-order valence-corrected chi connectivity index (χ2v) is 10.0. The molecule has 0 saturated heterocycles. The molecule has 1 heterocycles. The van der Waals surface area contributed by atoms with Gasteiger partial charge < -0.3 is 15.0 Å². The van der Waals surface area contributed by atoms with E-state index in [1.54, 1.807) is 0 Å². The van der Waals surface area contributed by atoms with Crippen molar-refractivity contribution in [3.05, 3.63) is 72.3 Å². The molecule has 184 valence electrons. The Morgan fingerprint density at radius 1 is 0.943 bits per heavy atom. The maximum absolute atomic E-state index is 6.28. The lowest BCUT2D eigenvalue weighted by atomic mass is 9.97. The molecule has 4 rings (SSSR count). The predicted octanol–water partition coefficient (Wildman–Crippen LogP) is 6.92. The number of para-hydroxylation sites is 2. The maximum atomic E-state index is 6.28. The molecular weight excluding hydrogens is 432 g/mol. The molecule has 0 spiro atoms. The standard InChI is InChI=1S/C30H38N4O/c1-20(2)31-27-16-15-23(18-26(27)24-11-10-12-25(19-24)33(6)21(3)4)17-22(5)35-30-32-28-13-8-9-14-29(28)34(30)7/h8-16,18-22,31H,17H2,1-7H3. The second-order valence-electron chi connectivity index (χ2n) is 10.0. The second kappa shape index (κ2) is 10.4. The Morgan fingerprint density at radius 2 is 1.71 bits per heavy atom. The zero-order valence-corrected chi connectivity index (χ0v) is 22.0. The smallest absolute Gasteiger partial charge is 0.297 e. The number of imidazole rings is 1. The molecule has 1 unspecified atom stereocenters. The van der Waals surface area contributed by atoms with Gasteiger partial charge in [-0.2, -0.15) is 4.98 Å². The summed E-state index contributed by atoms with van der Waals surface area (Å²) in [7, 11) is 4.15. The van der Waals surface area contributed by atoms with E-state index in [-0.39, 0.29) is 6.10 Å². The summed E-state index contributed by atoms with van der Waals surface area (Å²) in [4.78, 5) is 6.97. The van der Waals surface area contributed by atoms with E-state index < -0.39 is 0 Å². The minimum atomic E-state index is -0.0133. The predicted molar refractivity (Wildman–Crippen MR) is 149 cm³/mol. The van der Waals surface area contributed by atoms with Gasteiger partial charge in [0.25, 0.3) is 6.01 Å². The molecule has 1 N–H and O–H groups in total. The number of rotatable bonds is 9. The van der Waals surface area contributed by atoms with Crippen LogP contribution in [0.3, 0.4) is 0 Å². The molecule has 5 nitrogen and oxygen atoms in total. The lowest BCUT2D eigenvalue weighted by Crippen LogP contribution is -2.25. The summed E-state index contributed by atoms with van der Waals surface area (Å²) in [5.74, 6) is 0. The van der Waals surface area contributed by atoms with Crippen molar-refractivity contribution in [2.75, 3.05) is 17.3 Å². The molecule has 5 heteroatoms. The van der Waals surface area contributed by atoms with Crippen molar-refractivity contribution in [3.8, 4) is 17.1 Å². The number of hydrogen-bond donors (Lipinski definition) is 1. The van der Waals surface area contributed by atoms with Crippen molar-refractivity contribution in [1.82, 2.24) is 9.55 Å². The first-order valence-corrected chi connectivity index (χ1v) is 12.5. The summed E-state index contributed by atoms with van der Waals surface area (Å²) in [5.41, 5.74) is 8.06. The van der Waals surface area contributed by atoms with Crippen molar-refractivity contribution >= 4 is 22.4 Å². The largest absolute Gasteiger partial charge is 0.461 e. The van der Waals surface area contributed by atoms with Gasteiger partial charge in [-0.05, 0) is 82.1 Å². The zero-order valence-electron chi connectivity index (χ0n) is 22.0. The molecule has 3 aromatic carbocycles. The van der Waals surface area contributed by atoms with Crippen molar-refractivity contribution in [2.45, 2.75) is 59.2 Å². The van der Waals surface area contributed by atoms with E-state index in [1.165, 1.54) is 22.4 Å².